The maximum absolute atomic E-state index is 13.3. The van der Waals surface area contributed by atoms with Crippen LogP contribution in [-0.4, -0.2) is 49.1 Å². The number of hydrogen-bond donors (Lipinski definition) is 1. The van der Waals surface area contributed by atoms with Crippen LogP contribution in [0.15, 0.2) is 60.7 Å². The maximum atomic E-state index is 13.3. The molecule has 1 heterocycles. The van der Waals surface area contributed by atoms with Gasteiger partial charge in [0.25, 0.3) is 0 Å². The van der Waals surface area contributed by atoms with Crippen LogP contribution in [0.3, 0.4) is 0 Å². The molecule has 5 rings (SSSR count). The Morgan fingerprint density at radius 3 is 2.00 bits per heavy atom. The molecule has 0 atom stereocenters. The third kappa shape index (κ3) is 4.27. The first-order valence-corrected chi connectivity index (χ1v) is 12.7. The van der Waals surface area contributed by atoms with Crippen molar-refractivity contribution in [2.24, 2.45) is 0 Å². The molecule has 1 aliphatic carbocycles. The highest BCUT2D eigenvalue weighted by molar-refractivity contribution is 6.62. The van der Waals surface area contributed by atoms with Gasteiger partial charge in [0.2, 0.25) is 0 Å². The van der Waals surface area contributed by atoms with Gasteiger partial charge in [0.1, 0.15) is 6.61 Å². The smallest absolute Gasteiger partial charge is 0.478 e. The summed E-state index contributed by atoms with van der Waals surface area (Å²) in [4.78, 5) is 26.7. The number of anilines is 1. The molecule has 1 aliphatic heterocycles. The Morgan fingerprint density at radius 2 is 1.47 bits per heavy atom. The summed E-state index contributed by atoms with van der Waals surface area (Å²) in [7, 11) is 0.814. The first-order chi connectivity index (χ1) is 17.9. The van der Waals surface area contributed by atoms with Crippen LogP contribution >= 0.6 is 0 Å². The Balaban J connectivity index is 1.41. The van der Waals surface area contributed by atoms with Crippen molar-refractivity contribution in [3.63, 3.8) is 0 Å². The van der Waals surface area contributed by atoms with E-state index in [0.717, 1.165) is 22.3 Å². The molecule has 2 aliphatic rings. The summed E-state index contributed by atoms with van der Waals surface area (Å²) < 4.78 is 18.1. The molecular weight excluding hydrogens is 481 g/mol. The maximum Gasteiger partial charge on any atom is 0.494 e. The molecule has 0 aromatic heterocycles. The van der Waals surface area contributed by atoms with Crippen LogP contribution in [0, 0.1) is 6.92 Å². The number of carbonyl (C=O) groups excluding carboxylic acids is 1. The number of aromatic carboxylic acids is 1. The van der Waals surface area contributed by atoms with Crippen LogP contribution in [-0.2, 0) is 14.0 Å². The van der Waals surface area contributed by atoms with E-state index in [1.54, 1.807) is 26.1 Å². The zero-order chi connectivity index (χ0) is 27.4. The van der Waals surface area contributed by atoms with Crippen molar-refractivity contribution in [1.29, 1.82) is 0 Å². The summed E-state index contributed by atoms with van der Waals surface area (Å²) in [5, 5.41) is 9.90. The number of carbonyl (C=O) groups is 2. The fourth-order valence-electron chi connectivity index (χ4n) is 5.20. The van der Waals surface area contributed by atoms with E-state index >= 15 is 0 Å². The molecule has 1 amide bonds. The average Bonchev–Trinajstić information content (AvgIpc) is 3.31. The van der Waals surface area contributed by atoms with Crippen LogP contribution in [0.2, 0.25) is 0 Å². The lowest BCUT2D eigenvalue weighted by atomic mass is 9.77. The van der Waals surface area contributed by atoms with Crippen LogP contribution < -0.4 is 10.4 Å². The van der Waals surface area contributed by atoms with Gasteiger partial charge in [0.15, 0.2) is 0 Å². The second-order valence-corrected chi connectivity index (χ2v) is 11.0. The highest BCUT2D eigenvalue weighted by atomic mass is 16.7. The van der Waals surface area contributed by atoms with Gasteiger partial charge in [-0.05, 0) is 80.0 Å². The van der Waals surface area contributed by atoms with Gasteiger partial charge in [-0.1, -0.05) is 48.5 Å². The Morgan fingerprint density at radius 1 is 0.947 bits per heavy atom. The monoisotopic (exact) mass is 513 g/mol. The van der Waals surface area contributed by atoms with E-state index in [9.17, 15) is 14.7 Å². The standard InChI is InChI=1S/C30H32BNO6/c1-18-24(27(33)34)15-19(31-37-29(2,3)30(4,5)38-31)16-26(18)32(6)28(35)36-17-25-22-13-9-7-11-20(22)21-12-8-10-14-23(21)25/h7-16,25H,17H2,1-6H3,(H,33,34). The summed E-state index contributed by atoms with van der Waals surface area (Å²) in [5.41, 5.74) is 4.83. The molecule has 7 nitrogen and oxygen atoms in total. The molecule has 196 valence electrons. The van der Waals surface area contributed by atoms with Crippen LogP contribution in [0.4, 0.5) is 10.5 Å². The summed E-state index contributed by atoms with van der Waals surface area (Å²) in [6.45, 7) is 9.58. The van der Waals surface area contributed by atoms with Crippen LogP contribution in [0.25, 0.3) is 11.1 Å². The predicted octanol–water partition coefficient (Wildman–Crippen LogP) is 5.38. The van der Waals surface area contributed by atoms with Crippen molar-refractivity contribution in [1.82, 2.24) is 0 Å². The molecule has 1 N–H and O–H groups in total. The number of ether oxygens (including phenoxy) is 1. The van der Waals surface area contributed by atoms with Crippen molar-refractivity contribution in [3.05, 3.63) is 82.9 Å². The van der Waals surface area contributed by atoms with E-state index in [1.165, 1.54) is 4.90 Å². The van der Waals surface area contributed by atoms with Gasteiger partial charge < -0.3 is 19.2 Å². The summed E-state index contributed by atoms with van der Waals surface area (Å²) in [5.74, 6) is -1.17. The predicted molar refractivity (Wildman–Crippen MR) is 147 cm³/mol. The minimum absolute atomic E-state index is 0.0745. The van der Waals surface area contributed by atoms with E-state index in [2.05, 4.69) is 24.3 Å². The Kier molecular flexibility index (Phi) is 6.36. The van der Waals surface area contributed by atoms with Gasteiger partial charge in [0, 0.05) is 13.0 Å². The fraction of sp³-hybridized carbons (Fsp3) is 0.333. The molecular formula is C30H32BNO6. The van der Waals surface area contributed by atoms with E-state index in [4.69, 9.17) is 14.0 Å². The first-order valence-electron chi connectivity index (χ1n) is 12.7. The van der Waals surface area contributed by atoms with Gasteiger partial charge in [-0.15, -0.1) is 0 Å². The van der Waals surface area contributed by atoms with Crippen molar-refractivity contribution >= 4 is 30.3 Å². The molecule has 3 aromatic carbocycles. The van der Waals surface area contributed by atoms with Gasteiger partial charge in [0.05, 0.1) is 22.5 Å². The third-order valence-electron chi connectivity index (χ3n) is 8.13. The zero-order valence-electron chi connectivity index (χ0n) is 22.6. The van der Waals surface area contributed by atoms with Crippen LogP contribution in [0.1, 0.15) is 60.7 Å². The van der Waals surface area contributed by atoms with Crippen molar-refractivity contribution < 1.29 is 28.7 Å². The molecule has 0 saturated carbocycles. The summed E-state index contributed by atoms with van der Waals surface area (Å²) >= 11 is 0. The molecule has 0 bridgehead atoms. The highest BCUT2D eigenvalue weighted by Crippen LogP contribution is 2.44. The topological polar surface area (TPSA) is 85.3 Å². The van der Waals surface area contributed by atoms with Gasteiger partial charge >= 0.3 is 19.2 Å². The molecule has 3 aromatic rings. The van der Waals surface area contributed by atoms with Crippen molar-refractivity contribution in [2.75, 3.05) is 18.6 Å². The molecule has 0 spiro atoms. The van der Waals surface area contributed by atoms with E-state index in [0.29, 0.717) is 16.7 Å². The number of hydrogen-bond acceptors (Lipinski definition) is 5. The molecule has 1 saturated heterocycles. The van der Waals surface area contributed by atoms with Gasteiger partial charge in [-0.2, -0.15) is 0 Å². The van der Waals surface area contributed by atoms with E-state index < -0.39 is 30.4 Å². The number of carboxylic acid groups (broad SMARTS) is 1. The average molecular weight is 513 g/mol. The minimum atomic E-state index is -1.09. The minimum Gasteiger partial charge on any atom is -0.478 e. The first kappa shape index (κ1) is 26.0. The second kappa shape index (κ2) is 9.29. The molecule has 38 heavy (non-hydrogen) atoms. The Hall–Kier alpha value is -3.62. The Labute approximate surface area is 223 Å². The summed E-state index contributed by atoms with van der Waals surface area (Å²) in [6.07, 6.45) is -0.572. The SMILES string of the molecule is Cc1c(C(=O)O)cc(B2OC(C)(C)C(C)(C)O2)cc1N(C)C(=O)OCC1c2ccccc2-c2ccccc21. The van der Waals surface area contributed by atoms with Crippen LogP contribution in [0.5, 0.6) is 0 Å². The lowest BCUT2D eigenvalue weighted by Gasteiger charge is -2.32. The lowest BCUT2D eigenvalue weighted by Crippen LogP contribution is -2.41. The summed E-state index contributed by atoms with van der Waals surface area (Å²) in [6, 6.07) is 19.6. The normalized spacial score (nSPS) is 17.2. The molecule has 1 fully saturated rings. The van der Waals surface area contributed by atoms with E-state index in [-0.39, 0.29) is 18.1 Å². The highest BCUT2D eigenvalue weighted by Gasteiger charge is 2.52. The largest absolute Gasteiger partial charge is 0.494 e. The molecule has 8 heteroatoms. The second-order valence-electron chi connectivity index (χ2n) is 11.0. The number of fused-ring (bicyclic) bond motifs is 3. The van der Waals surface area contributed by atoms with E-state index in [1.807, 2.05) is 52.0 Å². The van der Waals surface area contributed by atoms with Crippen molar-refractivity contribution in [3.8, 4) is 11.1 Å². The van der Waals surface area contributed by atoms with Crippen molar-refractivity contribution in [2.45, 2.75) is 51.7 Å². The molecule has 0 unspecified atom stereocenters. The Bertz CT molecular complexity index is 1370. The quantitative estimate of drug-likeness (QED) is 0.462. The van der Waals surface area contributed by atoms with Gasteiger partial charge in [-0.25, -0.2) is 9.59 Å². The van der Waals surface area contributed by atoms with Gasteiger partial charge in [-0.3, -0.25) is 4.90 Å². The number of rotatable bonds is 5. The molecule has 0 radical (unpaired) electrons. The zero-order valence-corrected chi connectivity index (χ0v) is 22.6. The number of nitrogens with zero attached hydrogens (tertiary/aromatic N) is 1. The number of benzene rings is 3. The number of carboxylic acids is 1. The lowest BCUT2D eigenvalue weighted by molar-refractivity contribution is 0.00578. The fourth-order valence-corrected chi connectivity index (χ4v) is 5.20. The number of amides is 1. The third-order valence-corrected chi connectivity index (χ3v) is 8.13.